The molecule has 8 heteroatoms. The summed E-state index contributed by atoms with van der Waals surface area (Å²) in [5, 5.41) is 8.59. The first-order chi connectivity index (χ1) is 15.6. The first-order valence-corrected chi connectivity index (χ1v) is 11.7. The summed E-state index contributed by atoms with van der Waals surface area (Å²) >= 11 is 1.54. The fourth-order valence-electron chi connectivity index (χ4n) is 3.27. The Labute approximate surface area is 197 Å². The zero-order chi connectivity index (χ0) is 24.3. The smallest absolute Gasteiger partial charge is 0.435 e. The van der Waals surface area contributed by atoms with Gasteiger partial charge in [-0.25, -0.2) is 4.79 Å². The molecule has 33 heavy (non-hydrogen) atoms. The van der Waals surface area contributed by atoms with Gasteiger partial charge in [0.1, 0.15) is 17.6 Å². The molecule has 0 saturated carbocycles. The van der Waals surface area contributed by atoms with Crippen molar-refractivity contribution in [1.82, 2.24) is 14.3 Å². The van der Waals surface area contributed by atoms with Gasteiger partial charge in [0.05, 0.1) is 22.0 Å². The van der Waals surface area contributed by atoms with E-state index >= 15 is 0 Å². The highest BCUT2D eigenvalue weighted by molar-refractivity contribution is 7.17. The van der Waals surface area contributed by atoms with Crippen LogP contribution in [0.15, 0.2) is 29.2 Å². The molecule has 7 nitrogen and oxygen atoms in total. The number of ether oxygens (including phenoxy) is 2. The second-order valence-electron chi connectivity index (χ2n) is 9.02. The molecule has 0 unspecified atom stereocenters. The van der Waals surface area contributed by atoms with Crippen LogP contribution in [0.5, 0.6) is 0 Å². The molecule has 0 radical (unpaired) electrons. The number of rotatable bonds is 3. The molecule has 0 atom stereocenters. The first-order valence-electron chi connectivity index (χ1n) is 10.8. The monoisotopic (exact) mass is 469 g/mol. The van der Waals surface area contributed by atoms with Crippen LogP contribution in [0.1, 0.15) is 41.0 Å². The Hall–Kier alpha value is -2.97. The second-order valence-corrected chi connectivity index (χ2v) is 9.94. The van der Waals surface area contributed by atoms with Crippen LogP contribution >= 0.6 is 11.3 Å². The van der Waals surface area contributed by atoms with Crippen LogP contribution in [0.4, 0.5) is 4.79 Å². The van der Waals surface area contributed by atoms with E-state index in [1.54, 1.807) is 18.4 Å². The summed E-state index contributed by atoms with van der Waals surface area (Å²) < 4.78 is 14.6. The van der Waals surface area contributed by atoms with Gasteiger partial charge < -0.3 is 14.0 Å². The molecule has 1 aliphatic rings. The Kier molecular flexibility index (Phi) is 7.39. The van der Waals surface area contributed by atoms with Gasteiger partial charge in [-0.1, -0.05) is 12.2 Å². The fraction of sp³-hybridized carbons (Fsp3) is 0.400. The van der Waals surface area contributed by atoms with Crippen molar-refractivity contribution in [1.29, 1.82) is 0 Å². The van der Waals surface area contributed by atoms with E-state index in [9.17, 15) is 9.59 Å². The SMILES string of the molecule is COC(C)C.Cn1c(-c2nn(C(=O)OC(C)(C)C)c3ccsc23)cc2c1=CC=C(C=O)CC=2. The van der Waals surface area contributed by atoms with Gasteiger partial charge in [0.15, 0.2) is 0 Å². The normalized spacial score (nSPS) is 13.3. The maximum absolute atomic E-state index is 12.6. The summed E-state index contributed by atoms with van der Waals surface area (Å²) in [6.45, 7) is 9.50. The minimum Gasteiger partial charge on any atom is -0.442 e. The predicted molar refractivity (Wildman–Crippen MR) is 133 cm³/mol. The molecule has 0 aromatic carbocycles. The summed E-state index contributed by atoms with van der Waals surface area (Å²) in [7, 11) is 3.66. The van der Waals surface area contributed by atoms with E-state index in [-0.39, 0.29) is 0 Å². The summed E-state index contributed by atoms with van der Waals surface area (Å²) in [5.41, 5.74) is 2.54. The van der Waals surface area contributed by atoms with Crippen LogP contribution in [0.25, 0.3) is 33.8 Å². The van der Waals surface area contributed by atoms with E-state index in [4.69, 9.17) is 9.47 Å². The molecule has 0 N–H and O–H groups in total. The van der Waals surface area contributed by atoms with Crippen LogP contribution in [-0.2, 0) is 21.3 Å². The lowest BCUT2D eigenvalue weighted by Gasteiger charge is -2.19. The Balaban J connectivity index is 0.000000555. The van der Waals surface area contributed by atoms with Crippen molar-refractivity contribution in [2.24, 2.45) is 7.05 Å². The Morgan fingerprint density at radius 2 is 1.97 bits per heavy atom. The van der Waals surface area contributed by atoms with Crippen molar-refractivity contribution in [3.8, 4) is 11.4 Å². The van der Waals surface area contributed by atoms with Crippen molar-refractivity contribution >= 4 is 46.1 Å². The minimum atomic E-state index is -0.597. The lowest BCUT2D eigenvalue weighted by molar-refractivity contribution is -0.104. The number of fused-ring (bicyclic) bond motifs is 2. The van der Waals surface area contributed by atoms with E-state index in [0.29, 0.717) is 12.5 Å². The van der Waals surface area contributed by atoms with Gasteiger partial charge in [-0.2, -0.15) is 9.78 Å². The standard InChI is InChI=1S/C21H21N3O3S.C4H10O/c1-21(2,3)27-20(26)24-16-9-10-28-19(16)18(22-24)17-11-14-7-5-13(12-25)6-8-15(14)23(17)4;1-4(2)5-3/h6-12H,5H2,1-4H3;4H,1-3H3. The predicted octanol–water partition coefficient (Wildman–Crippen LogP) is 4.02. The number of hydrogen-bond donors (Lipinski definition) is 0. The number of aldehydes is 1. The quantitative estimate of drug-likeness (QED) is 0.542. The molecule has 1 aliphatic carbocycles. The van der Waals surface area contributed by atoms with Gasteiger partial charge in [0.2, 0.25) is 0 Å². The number of thiophene rings is 1. The molecule has 0 spiro atoms. The Bertz CT molecular complexity index is 1320. The van der Waals surface area contributed by atoms with Gasteiger partial charge >= 0.3 is 6.09 Å². The van der Waals surface area contributed by atoms with Gasteiger partial charge in [-0.15, -0.1) is 11.3 Å². The van der Waals surface area contributed by atoms with E-state index in [1.165, 1.54) is 4.68 Å². The second kappa shape index (κ2) is 9.89. The van der Waals surface area contributed by atoms with E-state index in [2.05, 4.69) is 5.10 Å². The van der Waals surface area contributed by atoms with Crippen LogP contribution < -0.4 is 10.6 Å². The average Bonchev–Trinajstić information content (AvgIpc) is 3.38. The zero-order valence-electron chi connectivity index (χ0n) is 20.2. The van der Waals surface area contributed by atoms with Crippen LogP contribution in [0, 0.1) is 0 Å². The number of aromatic nitrogens is 3. The van der Waals surface area contributed by atoms with Gasteiger partial charge in [-0.05, 0) is 75.4 Å². The number of methoxy groups -OCH3 is 1. The third-order valence-electron chi connectivity index (χ3n) is 5.04. The van der Waals surface area contributed by atoms with E-state index < -0.39 is 11.7 Å². The van der Waals surface area contributed by atoms with Gasteiger partial charge in [-0.3, -0.25) is 4.79 Å². The number of nitrogens with zero attached hydrogens (tertiary/aromatic N) is 3. The van der Waals surface area contributed by atoms with Crippen molar-refractivity contribution in [2.75, 3.05) is 7.11 Å². The van der Waals surface area contributed by atoms with E-state index in [0.717, 1.165) is 44.0 Å². The van der Waals surface area contributed by atoms with Gasteiger partial charge in [0, 0.05) is 19.5 Å². The lowest BCUT2D eigenvalue weighted by atomic mass is 10.2. The van der Waals surface area contributed by atoms with Crippen molar-refractivity contribution in [3.05, 3.63) is 39.7 Å². The number of carbonyl (C=O) groups excluding carboxylic acids is 2. The Morgan fingerprint density at radius 1 is 1.27 bits per heavy atom. The maximum atomic E-state index is 12.6. The molecular weight excluding hydrogens is 438 g/mol. The van der Waals surface area contributed by atoms with E-state index in [1.807, 2.05) is 82.0 Å². The highest BCUT2D eigenvalue weighted by Crippen LogP contribution is 2.31. The summed E-state index contributed by atoms with van der Waals surface area (Å²) in [6.07, 6.45) is 7.21. The summed E-state index contributed by atoms with van der Waals surface area (Å²) in [5.74, 6) is 0. The molecular formula is C25H31N3O4S. The molecule has 0 bridgehead atoms. The molecule has 3 heterocycles. The topological polar surface area (TPSA) is 75.3 Å². The molecule has 4 rings (SSSR count). The average molecular weight is 470 g/mol. The molecule has 0 fully saturated rings. The number of allylic oxidation sites excluding steroid dienone is 2. The van der Waals surface area contributed by atoms with Crippen LogP contribution in [0.3, 0.4) is 0 Å². The van der Waals surface area contributed by atoms with Crippen molar-refractivity contribution in [3.63, 3.8) is 0 Å². The number of hydrogen-bond acceptors (Lipinski definition) is 6. The summed E-state index contributed by atoms with van der Waals surface area (Å²) in [6, 6.07) is 3.93. The largest absolute Gasteiger partial charge is 0.442 e. The highest BCUT2D eigenvalue weighted by atomic mass is 32.1. The molecule has 0 aliphatic heterocycles. The van der Waals surface area contributed by atoms with Crippen molar-refractivity contribution in [2.45, 2.75) is 52.7 Å². The minimum absolute atomic E-state index is 0.384. The zero-order valence-corrected chi connectivity index (χ0v) is 21.0. The van der Waals surface area contributed by atoms with Gasteiger partial charge in [0.25, 0.3) is 0 Å². The van der Waals surface area contributed by atoms with Crippen molar-refractivity contribution < 1.29 is 19.1 Å². The third kappa shape index (κ3) is 5.51. The molecule has 0 saturated heterocycles. The third-order valence-corrected chi connectivity index (χ3v) is 5.95. The number of carbonyl (C=O) groups is 2. The highest BCUT2D eigenvalue weighted by Gasteiger charge is 2.24. The molecule has 0 amide bonds. The Morgan fingerprint density at radius 3 is 2.58 bits per heavy atom. The van der Waals surface area contributed by atoms with Crippen LogP contribution in [0.2, 0.25) is 0 Å². The fourth-order valence-corrected chi connectivity index (χ4v) is 4.13. The molecule has 176 valence electrons. The summed E-state index contributed by atoms with van der Waals surface area (Å²) in [4.78, 5) is 23.7. The lowest BCUT2D eigenvalue weighted by Crippen LogP contribution is -2.27. The molecule has 3 aromatic rings. The maximum Gasteiger partial charge on any atom is 0.435 e. The first kappa shape index (κ1) is 24.7. The van der Waals surface area contributed by atoms with Crippen LogP contribution in [-0.4, -0.2) is 45.5 Å². The molecule has 3 aromatic heterocycles.